The van der Waals surface area contributed by atoms with Crippen molar-refractivity contribution in [3.8, 4) is 11.4 Å². The number of urea groups is 1. The van der Waals surface area contributed by atoms with Crippen molar-refractivity contribution < 1.29 is 19.4 Å². The van der Waals surface area contributed by atoms with Crippen LogP contribution >= 0.6 is 0 Å². The first-order chi connectivity index (χ1) is 13.0. The van der Waals surface area contributed by atoms with E-state index in [4.69, 9.17) is 9.84 Å². The van der Waals surface area contributed by atoms with Crippen LogP contribution in [0, 0.1) is 5.92 Å². The van der Waals surface area contributed by atoms with Gasteiger partial charge in [0.25, 0.3) is 0 Å². The molecule has 27 heavy (non-hydrogen) atoms. The number of nitrogens with one attached hydrogen (secondary N) is 2. The molecule has 2 amide bonds. The highest BCUT2D eigenvalue weighted by atomic mass is 16.5. The third-order valence-corrected chi connectivity index (χ3v) is 4.82. The van der Waals surface area contributed by atoms with Crippen LogP contribution in [0.1, 0.15) is 31.4 Å². The highest BCUT2D eigenvalue weighted by Crippen LogP contribution is 2.24. The number of ether oxygens (including phenoxy) is 1. The van der Waals surface area contributed by atoms with Gasteiger partial charge in [-0.05, 0) is 56.0 Å². The Hall–Kier alpha value is -3.03. The smallest absolute Gasteiger partial charge is 0.315 e. The summed E-state index contributed by atoms with van der Waals surface area (Å²) in [5, 5.41) is 19.2. The molecule has 2 aromatic rings. The molecule has 3 N–H and O–H groups in total. The largest absolute Gasteiger partial charge is 0.497 e. The Morgan fingerprint density at radius 3 is 2.52 bits per heavy atom. The van der Waals surface area contributed by atoms with Crippen LogP contribution < -0.4 is 15.4 Å². The lowest BCUT2D eigenvalue weighted by Gasteiger charge is -2.26. The van der Waals surface area contributed by atoms with Crippen molar-refractivity contribution in [2.24, 2.45) is 5.92 Å². The lowest BCUT2D eigenvalue weighted by atomic mass is 9.86. The third-order valence-electron chi connectivity index (χ3n) is 4.82. The van der Waals surface area contributed by atoms with Crippen molar-refractivity contribution in [3.05, 3.63) is 42.2 Å². The van der Waals surface area contributed by atoms with Gasteiger partial charge in [-0.1, -0.05) is 0 Å². The van der Waals surface area contributed by atoms with E-state index in [0.717, 1.165) is 17.1 Å². The molecule has 8 heteroatoms. The van der Waals surface area contributed by atoms with E-state index in [-0.39, 0.29) is 18.0 Å². The number of aromatic nitrogens is 2. The van der Waals surface area contributed by atoms with Gasteiger partial charge in [-0.2, -0.15) is 5.10 Å². The number of rotatable bonds is 6. The van der Waals surface area contributed by atoms with E-state index in [2.05, 4.69) is 15.7 Å². The van der Waals surface area contributed by atoms with Crippen LogP contribution in [0.15, 0.2) is 36.5 Å². The average molecular weight is 372 g/mol. The number of nitrogens with zero attached hydrogens (tertiary/aromatic N) is 2. The maximum absolute atomic E-state index is 12.1. The van der Waals surface area contributed by atoms with E-state index in [1.807, 2.05) is 36.5 Å². The van der Waals surface area contributed by atoms with Crippen molar-refractivity contribution in [2.45, 2.75) is 38.3 Å². The van der Waals surface area contributed by atoms with Gasteiger partial charge in [-0.25, -0.2) is 9.48 Å². The summed E-state index contributed by atoms with van der Waals surface area (Å²) in [7, 11) is 1.62. The quantitative estimate of drug-likeness (QED) is 0.722. The van der Waals surface area contributed by atoms with E-state index in [0.29, 0.717) is 32.2 Å². The number of carbonyl (C=O) groups is 2. The van der Waals surface area contributed by atoms with Crippen molar-refractivity contribution in [1.82, 2.24) is 20.4 Å². The zero-order chi connectivity index (χ0) is 19.2. The maximum atomic E-state index is 12.1. The predicted octanol–water partition coefficient (Wildman–Crippen LogP) is 2.32. The Morgan fingerprint density at radius 2 is 1.89 bits per heavy atom. The first-order valence-corrected chi connectivity index (χ1v) is 9.01. The van der Waals surface area contributed by atoms with Crippen LogP contribution in [-0.2, 0) is 11.3 Å². The van der Waals surface area contributed by atoms with Gasteiger partial charge in [0.2, 0.25) is 0 Å². The number of hydrogen-bond donors (Lipinski definition) is 3. The van der Waals surface area contributed by atoms with Crippen molar-refractivity contribution in [2.75, 3.05) is 7.11 Å². The minimum absolute atomic E-state index is 0.0254. The number of carbonyl (C=O) groups excluding carboxylic acids is 1. The summed E-state index contributed by atoms with van der Waals surface area (Å²) in [5.41, 5.74) is 1.65. The number of carboxylic acids is 1. The Morgan fingerprint density at radius 1 is 1.19 bits per heavy atom. The van der Waals surface area contributed by atoms with Crippen LogP contribution in [0.2, 0.25) is 0 Å². The zero-order valence-corrected chi connectivity index (χ0v) is 15.2. The summed E-state index contributed by atoms with van der Waals surface area (Å²) in [6.07, 6.45) is 4.43. The second-order valence-electron chi connectivity index (χ2n) is 6.66. The van der Waals surface area contributed by atoms with Gasteiger partial charge < -0.3 is 20.5 Å². The molecular weight excluding hydrogens is 348 g/mol. The molecule has 8 nitrogen and oxygen atoms in total. The normalized spacial score (nSPS) is 19.3. The molecule has 1 aromatic carbocycles. The fourth-order valence-corrected chi connectivity index (χ4v) is 3.23. The van der Waals surface area contributed by atoms with Crippen LogP contribution in [-0.4, -0.2) is 40.0 Å². The maximum Gasteiger partial charge on any atom is 0.315 e. The van der Waals surface area contributed by atoms with Crippen molar-refractivity contribution >= 4 is 12.0 Å². The molecule has 3 rings (SSSR count). The topological polar surface area (TPSA) is 105 Å². The molecule has 1 heterocycles. The van der Waals surface area contributed by atoms with E-state index in [1.54, 1.807) is 11.8 Å². The first-order valence-electron chi connectivity index (χ1n) is 9.01. The number of aliphatic carboxylic acids is 1. The van der Waals surface area contributed by atoms with Crippen molar-refractivity contribution in [1.29, 1.82) is 0 Å². The van der Waals surface area contributed by atoms with Gasteiger partial charge in [-0.3, -0.25) is 4.79 Å². The van der Waals surface area contributed by atoms with E-state index >= 15 is 0 Å². The summed E-state index contributed by atoms with van der Waals surface area (Å²) in [6.45, 7) is 0.319. The van der Waals surface area contributed by atoms with Gasteiger partial charge in [0, 0.05) is 12.2 Å². The van der Waals surface area contributed by atoms with Crippen LogP contribution in [0.4, 0.5) is 4.79 Å². The molecule has 1 saturated carbocycles. The number of amides is 2. The van der Waals surface area contributed by atoms with Gasteiger partial charge in [0.05, 0.1) is 31.0 Å². The van der Waals surface area contributed by atoms with Gasteiger partial charge in [0.15, 0.2) is 0 Å². The molecular formula is C19H24N4O4. The summed E-state index contributed by atoms with van der Waals surface area (Å²) < 4.78 is 6.88. The third kappa shape index (κ3) is 4.99. The molecule has 1 aliphatic carbocycles. The van der Waals surface area contributed by atoms with Crippen LogP contribution in [0.5, 0.6) is 5.75 Å². The highest BCUT2D eigenvalue weighted by molar-refractivity contribution is 5.74. The summed E-state index contributed by atoms with van der Waals surface area (Å²) in [5.74, 6) is -0.250. The highest BCUT2D eigenvalue weighted by Gasteiger charge is 2.26. The van der Waals surface area contributed by atoms with Gasteiger partial charge >= 0.3 is 12.0 Å². The molecule has 0 atom stereocenters. The van der Waals surface area contributed by atoms with Crippen LogP contribution in [0.3, 0.4) is 0 Å². The van der Waals surface area contributed by atoms with E-state index < -0.39 is 5.97 Å². The number of hydrogen-bond acceptors (Lipinski definition) is 4. The number of methoxy groups -OCH3 is 1. The molecule has 0 unspecified atom stereocenters. The Labute approximate surface area is 157 Å². The van der Waals surface area contributed by atoms with E-state index in [9.17, 15) is 9.59 Å². The molecule has 1 aliphatic rings. The first kappa shape index (κ1) is 18.8. The molecule has 1 aromatic heterocycles. The predicted molar refractivity (Wildman–Crippen MR) is 98.9 cm³/mol. The lowest BCUT2D eigenvalue weighted by Crippen LogP contribution is -2.43. The van der Waals surface area contributed by atoms with Crippen molar-refractivity contribution in [3.63, 3.8) is 0 Å². The minimum Gasteiger partial charge on any atom is -0.497 e. The second kappa shape index (κ2) is 8.57. The second-order valence-corrected chi connectivity index (χ2v) is 6.66. The fourth-order valence-electron chi connectivity index (χ4n) is 3.23. The van der Waals surface area contributed by atoms with Gasteiger partial charge in [-0.15, -0.1) is 0 Å². The molecule has 1 fully saturated rings. The molecule has 0 aliphatic heterocycles. The van der Waals surface area contributed by atoms with E-state index in [1.165, 1.54) is 0 Å². The molecule has 0 bridgehead atoms. The SMILES string of the molecule is COc1ccc(-n2ccc(CNC(=O)NC3CCC(C(=O)O)CC3)n2)cc1. The molecule has 0 saturated heterocycles. The molecule has 0 spiro atoms. The Balaban J connectivity index is 1.45. The Kier molecular flexibility index (Phi) is 5.95. The number of carboxylic acid groups (broad SMARTS) is 1. The molecule has 0 radical (unpaired) electrons. The van der Waals surface area contributed by atoms with Gasteiger partial charge in [0.1, 0.15) is 5.75 Å². The Bertz CT molecular complexity index is 779. The number of benzene rings is 1. The standard InChI is InChI=1S/C19H24N4O4/c1-27-17-8-6-16(7-9-17)23-11-10-15(22-23)12-20-19(26)21-14-4-2-13(3-5-14)18(24)25/h6-11,13-14H,2-5,12H2,1H3,(H,24,25)(H2,20,21,26). The summed E-state index contributed by atoms with van der Waals surface area (Å²) in [4.78, 5) is 23.0. The molecule has 144 valence electrons. The summed E-state index contributed by atoms with van der Waals surface area (Å²) in [6, 6.07) is 9.16. The average Bonchev–Trinajstić information content (AvgIpc) is 3.16. The van der Waals surface area contributed by atoms with Crippen LogP contribution in [0.25, 0.3) is 5.69 Å². The minimum atomic E-state index is -0.745. The zero-order valence-electron chi connectivity index (χ0n) is 15.2. The lowest BCUT2D eigenvalue weighted by molar-refractivity contribution is -0.142. The fraction of sp³-hybridized carbons (Fsp3) is 0.421. The monoisotopic (exact) mass is 372 g/mol. The summed E-state index contributed by atoms with van der Waals surface area (Å²) >= 11 is 0.